The number of hydrogen-bond acceptors (Lipinski definition) is 6. The maximum Gasteiger partial charge on any atom is 0.282 e. The minimum atomic E-state index is -1.24. The lowest BCUT2D eigenvalue weighted by Crippen LogP contribution is -2.34. The molecule has 0 radical (unpaired) electrons. The molecule has 37 heavy (non-hydrogen) atoms. The highest BCUT2D eigenvalue weighted by Crippen LogP contribution is 2.59. The Labute approximate surface area is 222 Å². The minimum Gasteiger partial charge on any atom is -0.545 e. The molecule has 5 atom stereocenters. The number of nitro groups is 1. The number of carbonyl (C=O) groups is 1. The number of fused-ring (bicyclic) bond motifs is 4. The molecule has 1 fully saturated rings. The van der Waals surface area contributed by atoms with Gasteiger partial charge in [0, 0.05) is 28.5 Å². The number of carboxylic acids is 1. The molecule has 6 nitrogen and oxygen atoms in total. The monoisotopic (exact) mass is 529 g/mol. The number of alkyl halides is 1. The van der Waals surface area contributed by atoms with E-state index in [1.54, 1.807) is 30.3 Å². The fourth-order valence-corrected chi connectivity index (χ4v) is 7.96. The lowest BCUT2D eigenvalue weighted by Gasteiger charge is -2.40. The minimum absolute atomic E-state index is 0.0538. The summed E-state index contributed by atoms with van der Waals surface area (Å²) in [5.74, 6) is -1.33. The first kappa shape index (κ1) is 23.8. The number of hydrogen-bond donors (Lipinski definition) is 1. The van der Waals surface area contributed by atoms with E-state index in [9.17, 15) is 20.0 Å². The van der Waals surface area contributed by atoms with E-state index in [-0.39, 0.29) is 44.7 Å². The highest BCUT2D eigenvalue weighted by Gasteiger charge is 2.51. The summed E-state index contributed by atoms with van der Waals surface area (Å²) in [4.78, 5) is 23.9. The van der Waals surface area contributed by atoms with Crippen LogP contribution in [0.4, 0.5) is 11.4 Å². The van der Waals surface area contributed by atoms with Gasteiger partial charge in [0.25, 0.3) is 5.69 Å². The molecule has 2 aliphatic rings. The van der Waals surface area contributed by atoms with Gasteiger partial charge in [-0.2, -0.15) is 0 Å². The van der Waals surface area contributed by atoms with Gasteiger partial charge in [0.2, 0.25) is 0 Å². The van der Waals surface area contributed by atoms with Crippen molar-refractivity contribution in [3.63, 3.8) is 0 Å². The van der Waals surface area contributed by atoms with Gasteiger partial charge < -0.3 is 15.2 Å². The second kappa shape index (κ2) is 9.39. The van der Waals surface area contributed by atoms with Gasteiger partial charge in [-0.1, -0.05) is 72.8 Å². The van der Waals surface area contributed by atoms with Crippen molar-refractivity contribution < 1.29 is 14.8 Å². The average Bonchev–Trinajstić information content (AvgIpc) is 3.23. The molecule has 186 valence electrons. The summed E-state index contributed by atoms with van der Waals surface area (Å²) in [6.45, 7) is 0. The molecule has 1 aliphatic heterocycles. The summed E-state index contributed by atoms with van der Waals surface area (Å²) in [6.07, 6.45) is 0.714. The maximum atomic E-state index is 12.1. The molecule has 1 heterocycles. The van der Waals surface area contributed by atoms with Gasteiger partial charge in [-0.3, -0.25) is 10.1 Å². The molecule has 4 aromatic carbocycles. The van der Waals surface area contributed by atoms with Crippen molar-refractivity contribution in [2.75, 3.05) is 5.32 Å². The second-order valence-electron chi connectivity index (χ2n) is 9.50. The van der Waals surface area contributed by atoms with E-state index in [0.29, 0.717) is 17.0 Å². The van der Waals surface area contributed by atoms with Crippen LogP contribution in [0.3, 0.4) is 0 Å². The van der Waals surface area contributed by atoms with Gasteiger partial charge in [0.05, 0.1) is 27.2 Å². The third-order valence-electron chi connectivity index (χ3n) is 7.57. The van der Waals surface area contributed by atoms with Crippen molar-refractivity contribution in [1.29, 1.82) is 0 Å². The van der Waals surface area contributed by atoms with E-state index in [4.69, 9.17) is 11.6 Å². The Bertz CT molecular complexity index is 1540. The number of benzene rings is 4. The Balaban J connectivity index is 1.47. The standard InChI is InChI=1S/C29H23ClN2O4S/c30-26-24(37-23-14-4-3-13-22(23)32(35)36)15-21-25(26)19-11-6-12-20(29(33)34)28(19)31-27(21)18-10-5-8-16-7-1-2-9-17(16)18/h1-14,21,24-27,31H,15H2,(H,33,34)/p-1/t21-,24+,25-,26+,27-/m1/s1. The van der Waals surface area contributed by atoms with Crippen LogP contribution in [0.25, 0.3) is 10.8 Å². The molecule has 1 saturated carbocycles. The quantitative estimate of drug-likeness (QED) is 0.189. The van der Waals surface area contributed by atoms with Gasteiger partial charge in [0.15, 0.2) is 0 Å². The summed E-state index contributed by atoms with van der Waals surface area (Å²) in [5, 5.41) is 29.0. The van der Waals surface area contributed by atoms with Crippen molar-refractivity contribution in [3.05, 3.63) is 112 Å². The first-order chi connectivity index (χ1) is 17.9. The lowest BCUT2D eigenvalue weighted by atomic mass is 9.75. The smallest absolute Gasteiger partial charge is 0.282 e. The topological polar surface area (TPSA) is 95.3 Å². The highest BCUT2D eigenvalue weighted by molar-refractivity contribution is 8.00. The normalized spacial score (nSPS) is 24.2. The summed E-state index contributed by atoms with van der Waals surface area (Å²) in [6, 6.07) is 26.0. The Kier molecular flexibility index (Phi) is 6.05. The number of nitro benzene ring substituents is 1. The van der Waals surface area contributed by atoms with Crippen LogP contribution in [-0.2, 0) is 0 Å². The predicted molar refractivity (Wildman–Crippen MR) is 144 cm³/mol. The number of anilines is 1. The molecule has 1 N–H and O–H groups in total. The first-order valence-corrected chi connectivity index (χ1v) is 13.4. The van der Waals surface area contributed by atoms with Gasteiger partial charge in [0.1, 0.15) is 0 Å². The summed E-state index contributed by atoms with van der Waals surface area (Å²) >= 11 is 8.62. The molecule has 0 aromatic heterocycles. The van der Waals surface area contributed by atoms with E-state index in [0.717, 1.165) is 21.9 Å². The highest BCUT2D eigenvalue weighted by atomic mass is 35.5. The van der Waals surface area contributed by atoms with Gasteiger partial charge in [-0.05, 0) is 40.3 Å². The van der Waals surface area contributed by atoms with Crippen molar-refractivity contribution in [2.45, 2.75) is 33.9 Å². The zero-order chi connectivity index (χ0) is 25.7. The average molecular weight is 530 g/mol. The first-order valence-electron chi connectivity index (χ1n) is 12.1. The molecule has 4 aromatic rings. The third kappa shape index (κ3) is 4.03. The number of thioether (sulfide) groups is 1. The second-order valence-corrected chi connectivity index (χ2v) is 11.3. The van der Waals surface area contributed by atoms with Crippen LogP contribution in [0, 0.1) is 16.0 Å². The van der Waals surface area contributed by atoms with Crippen LogP contribution in [0.1, 0.15) is 39.9 Å². The van der Waals surface area contributed by atoms with Crippen LogP contribution >= 0.6 is 23.4 Å². The number of rotatable bonds is 5. The number of aromatic carboxylic acids is 1. The van der Waals surface area contributed by atoms with E-state index >= 15 is 0 Å². The molecule has 1 aliphatic carbocycles. The lowest BCUT2D eigenvalue weighted by molar-refractivity contribution is -0.387. The fraction of sp³-hybridized carbons (Fsp3) is 0.207. The van der Waals surface area contributed by atoms with Crippen LogP contribution in [0.15, 0.2) is 89.8 Å². The molecule has 6 rings (SSSR count). The van der Waals surface area contributed by atoms with Crippen LogP contribution in [0.5, 0.6) is 0 Å². The molecular formula is C29H22ClN2O4S-. The largest absolute Gasteiger partial charge is 0.545 e. The summed E-state index contributed by atoms with van der Waals surface area (Å²) in [7, 11) is 0. The molecule has 0 amide bonds. The van der Waals surface area contributed by atoms with E-state index < -0.39 is 5.97 Å². The Morgan fingerprint density at radius 2 is 1.65 bits per heavy atom. The van der Waals surface area contributed by atoms with Crippen molar-refractivity contribution in [3.8, 4) is 0 Å². The predicted octanol–water partition coefficient (Wildman–Crippen LogP) is 6.15. The molecule has 8 heteroatoms. The zero-order valence-corrected chi connectivity index (χ0v) is 21.1. The molecular weight excluding hydrogens is 508 g/mol. The summed E-state index contributed by atoms with van der Waals surface area (Å²) in [5.41, 5.74) is 2.65. The number of carbonyl (C=O) groups excluding carboxylic acids is 1. The number of nitrogens with one attached hydrogen (secondary N) is 1. The van der Waals surface area contributed by atoms with E-state index in [2.05, 4.69) is 29.6 Å². The van der Waals surface area contributed by atoms with E-state index in [1.165, 1.54) is 17.8 Å². The Morgan fingerprint density at radius 1 is 0.946 bits per heavy atom. The van der Waals surface area contributed by atoms with Gasteiger partial charge >= 0.3 is 0 Å². The van der Waals surface area contributed by atoms with Crippen molar-refractivity contribution >= 4 is 51.5 Å². The maximum absolute atomic E-state index is 12.1. The van der Waals surface area contributed by atoms with Crippen molar-refractivity contribution in [2.24, 2.45) is 5.92 Å². The van der Waals surface area contributed by atoms with Crippen LogP contribution in [-0.4, -0.2) is 21.5 Å². The molecule has 0 bridgehead atoms. The van der Waals surface area contributed by atoms with Crippen LogP contribution in [0.2, 0.25) is 0 Å². The number of halogens is 1. The van der Waals surface area contributed by atoms with Crippen LogP contribution < -0.4 is 10.4 Å². The van der Waals surface area contributed by atoms with Gasteiger partial charge in [-0.15, -0.1) is 23.4 Å². The van der Waals surface area contributed by atoms with Gasteiger partial charge in [-0.25, -0.2) is 0 Å². The SMILES string of the molecule is O=C([O-])c1cccc2c1N[C@H](c1cccc3ccccc13)[C@@H]1C[C@H](Sc3ccccc3[N+](=O)[O-])[C@H](Cl)[C@H]21. The van der Waals surface area contributed by atoms with Crippen molar-refractivity contribution in [1.82, 2.24) is 0 Å². The Hall–Kier alpha value is -3.55. The number of carboxylic acid groups (broad SMARTS) is 1. The third-order valence-corrected chi connectivity index (χ3v) is 9.68. The number of nitrogens with zero attached hydrogens (tertiary/aromatic N) is 1. The molecule has 0 spiro atoms. The zero-order valence-electron chi connectivity index (χ0n) is 19.5. The molecule has 0 saturated heterocycles. The van der Waals surface area contributed by atoms with E-state index in [1.807, 2.05) is 24.3 Å². The number of para-hydroxylation sites is 2. The Morgan fingerprint density at radius 3 is 2.46 bits per heavy atom. The molecule has 0 unspecified atom stereocenters. The fourth-order valence-electron chi connectivity index (χ4n) is 6.01. The summed E-state index contributed by atoms with van der Waals surface area (Å²) < 4.78 is 0.